The van der Waals surface area contributed by atoms with Crippen molar-refractivity contribution < 1.29 is 22.4 Å². The predicted molar refractivity (Wildman–Crippen MR) is 99.5 cm³/mol. The fraction of sp³-hybridized carbons (Fsp3) is 0.294. The zero-order valence-electron chi connectivity index (χ0n) is 14.3. The molecule has 0 atom stereocenters. The standard InChI is InChI=1S/C17H18FN3O4S2/c18-14-3-5-15(6-4-14)21(27(24,25)17-2-1-11-26-17)12-16(23)20-9-7-19(13-22)8-10-20/h1-6,11,13H,7-10,12H2. The van der Waals surface area contributed by atoms with Gasteiger partial charge in [-0.3, -0.25) is 13.9 Å². The fourth-order valence-electron chi connectivity index (χ4n) is 2.74. The molecule has 0 N–H and O–H groups in total. The third-order valence-electron chi connectivity index (χ3n) is 4.25. The third-order valence-corrected chi connectivity index (χ3v) is 7.40. The Morgan fingerprint density at radius 3 is 2.37 bits per heavy atom. The third kappa shape index (κ3) is 4.28. The summed E-state index contributed by atoms with van der Waals surface area (Å²) in [5.41, 5.74) is 0.213. The van der Waals surface area contributed by atoms with Gasteiger partial charge < -0.3 is 9.80 Å². The first-order valence-corrected chi connectivity index (χ1v) is 10.5. The second-order valence-electron chi connectivity index (χ2n) is 5.94. The molecule has 2 heterocycles. The Bertz CT molecular complexity index is 893. The number of benzene rings is 1. The topological polar surface area (TPSA) is 78.0 Å². The van der Waals surface area contributed by atoms with Gasteiger partial charge in [-0.25, -0.2) is 12.8 Å². The van der Waals surface area contributed by atoms with Crippen LogP contribution in [-0.2, 0) is 19.6 Å². The summed E-state index contributed by atoms with van der Waals surface area (Å²) in [6, 6.07) is 8.04. The van der Waals surface area contributed by atoms with Gasteiger partial charge in [0.25, 0.3) is 10.0 Å². The summed E-state index contributed by atoms with van der Waals surface area (Å²) in [6.45, 7) is 1.10. The van der Waals surface area contributed by atoms with Crippen molar-refractivity contribution in [3.8, 4) is 0 Å². The molecule has 3 rings (SSSR count). The molecule has 144 valence electrons. The maximum absolute atomic E-state index is 13.3. The van der Waals surface area contributed by atoms with E-state index in [1.807, 2.05) is 0 Å². The van der Waals surface area contributed by atoms with Crippen LogP contribution in [-0.4, -0.2) is 63.3 Å². The highest BCUT2D eigenvalue weighted by atomic mass is 32.2. The molecule has 1 saturated heterocycles. The van der Waals surface area contributed by atoms with Crippen molar-refractivity contribution in [3.05, 3.63) is 47.6 Å². The average molecular weight is 411 g/mol. The number of anilines is 1. The van der Waals surface area contributed by atoms with E-state index < -0.39 is 22.4 Å². The van der Waals surface area contributed by atoms with Gasteiger partial charge in [0.2, 0.25) is 12.3 Å². The number of piperazine rings is 1. The van der Waals surface area contributed by atoms with Gasteiger partial charge in [0, 0.05) is 26.2 Å². The van der Waals surface area contributed by atoms with Gasteiger partial charge in [-0.1, -0.05) is 6.07 Å². The first-order chi connectivity index (χ1) is 12.9. The van der Waals surface area contributed by atoms with Crippen LogP contribution in [0.2, 0.25) is 0 Å². The molecule has 1 aliphatic rings. The Morgan fingerprint density at radius 2 is 1.81 bits per heavy atom. The monoisotopic (exact) mass is 411 g/mol. The van der Waals surface area contributed by atoms with Crippen molar-refractivity contribution >= 4 is 39.4 Å². The van der Waals surface area contributed by atoms with E-state index in [1.54, 1.807) is 16.3 Å². The van der Waals surface area contributed by atoms with Gasteiger partial charge in [-0.05, 0) is 35.7 Å². The van der Waals surface area contributed by atoms with Crippen LogP contribution in [0.5, 0.6) is 0 Å². The van der Waals surface area contributed by atoms with E-state index in [0.717, 1.165) is 34.2 Å². The molecule has 1 fully saturated rings. The summed E-state index contributed by atoms with van der Waals surface area (Å²) in [4.78, 5) is 26.6. The van der Waals surface area contributed by atoms with Crippen LogP contribution in [0.15, 0.2) is 46.0 Å². The van der Waals surface area contributed by atoms with Crippen molar-refractivity contribution in [2.75, 3.05) is 37.0 Å². The van der Waals surface area contributed by atoms with E-state index in [1.165, 1.54) is 23.1 Å². The maximum atomic E-state index is 13.3. The Kier molecular flexibility index (Phi) is 5.76. The number of sulfonamides is 1. The highest BCUT2D eigenvalue weighted by Crippen LogP contribution is 2.27. The Labute approximate surface area is 160 Å². The van der Waals surface area contributed by atoms with Gasteiger partial charge in [-0.15, -0.1) is 11.3 Å². The first kappa shape index (κ1) is 19.3. The van der Waals surface area contributed by atoms with Crippen LogP contribution in [0.1, 0.15) is 0 Å². The van der Waals surface area contributed by atoms with Crippen LogP contribution in [0.4, 0.5) is 10.1 Å². The van der Waals surface area contributed by atoms with Crippen molar-refractivity contribution in [2.24, 2.45) is 0 Å². The summed E-state index contributed by atoms with van der Waals surface area (Å²) in [7, 11) is -3.96. The van der Waals surface area contributed by atoms with E-state index in [2.05, 4.69) is 0 Å². The molecule has 0 aliphatic carbocycles. The second-order valence-corrected chi connectivity index (χ2v) is 8.98. The van der Waals surface area contributed by atoms with Crippen LogP contribution in [0, 0.1) is 5.82 Å². The predicted octanol–water partition coefficient (Wildman–Crippen LogP) is 1.38. The summed E-state index contributed by atoms with van der Waals surface area (Å²) < 4.78 is 40.4. The minimum Gasteiger partial charge on any atom is -0.342 e. The lowest BCUT2D eigenvalue weighted by atomic mass is 10.3. The summed E-state index contributed by atoms with van der Waals surface area (Å²) in [5.74, 6) is -0.867. The lowest BCUT2D eigenvalue weighted by Gasteiger charge is -2.34. The minimum absolute atomic E-state index is 0.102. The summed E-state index contributed by atoms with van der Waals surface area (Å²) in [5, 5.41) is 1.64. The van der Waals surface area contributed by atoms with Gasteiger partial charge in [0.15, 0.2) is 0 Å². The molecule has 0 radical (unpaired) electrons. The highest BCUT2D eigenvalue weighted by Gasteiger charge is 2.30. The van der Waals surface area contributed by atoms with Gasteiger partial charge in [-0.2, -0.15) is 0 Å². The fourth-order valence-corrected chi connectivity index (χ4v) is 5.26. The Morgan fingerprint density at radius 1 is 1.15 bits per heavy atom. The molecule has 10 heteroatoms. The van der Waals surface area contributed by atoms with Gasteiger partial charge >= 0.3 is 0 Å². The van der Waals surface area contributed by atoms with Crippen molar-refractivity contribution in [3.63, 3.8) is 0 Å². The first-order valence-electron chi connectivity index (χ1n) is 8.21. The normalized spacial score (nSPS) is 14.9. The molecule has 0 saturated carbocycles. The molecule has 0 spiro atoms. The SMILES string of the molecule is O=CN1CCN(C(=O)CN(c2ccc(F)cc2)S(=O)(=O)c2cccs2)CC1. The number of carbonyl (C=O) groups excluding carboxylic acids is 2. The molecule has 2 aromatic rings. The van der Waals surface area contributed by atoms with Crippen molar-refractivity contribution in [1.82, 2.24) is 9.80 Å². The van der Waals surface area contributed by atoms with Gasteiger partial charge in [0.05, 0.1) is 5.69 Å². The quantitative estimate of drug-likeness (QED) is 0.673. The van der Waals surface area contributed by atoms with Crippen LogP contribution >= 0.6 is 11.3 Å². The number of amides is 2. The van der Waals surface area contributed by atoms with E-state index >= 15 is 0 Å². The number of halogens is 1. The van der Waals surface area contributed by atoms with Gasteiger partial charge in [0.1, 0.15) is 16.6 Å². The Hall–Kier alpha value is -2.46. The summed E-state index contributed by atoms with van der Waals surface area (Å²) >= 11 is 1.05. The molecular formula is C17H18FN3O4S2. The molecule has 27 heavy (non-hydrogen) atoms. The molecule has 1 aromatic carbocycles. The molecule has 7 nitrogen and oxygen atoms in total. The summed E-state index contributed by atoms with van der Waals surface area (Å²) in [6.07, 6.45) is 0.730. The lowest BCUT2D eigenvalue weighted by Crippen LogP contribution is -2.51. The highest BCUT2D eigenvalue weighted by molar-refractivity contribution is 7.94. The number of hydrogen-bond acceptors (Lipinski definition) is 5. The maximum Gasteiger partial charge on any atom is 0.274 e. The van der Waals surface area contributed by atoms with Crippen molar-refractivity contribution in [2.45, 2.75) is 4.21 Å². The average Bonchev–Trinajstić information content (AvgIpc) is 3.22. The zero-order valence-corrected chi connectivity index (χ0v) is 16.0. The number of thiophene rings is 1. The van der Waals surface area contributed by atoms with E-state index in [-0.39, 0.29) is 15.8 Å². The number of carbonyl (C=O) groups is 2. The zero-order chi connectivity index (χ0) is 19.4. The molecule has 1 aromatic heterocycles. The minimum atomic E-state index is -3.96. The molecule has 1 aliphatic heterocycles. The number of hydrogen-bond donors (Lipinski definition) is 0. The molecule has 0 bridgehead atoms. The second kappa shape index (κ2) is 8.05. The van der Waals surface area contributed by atoms with E-state index in [0.29, 0.717) is 26.2 Å². The number of nitrogens with zero attached hydrogens (tertiary/aromatic N) is 3. The van der Waals surface area contributed by atoms with E-state index in [9.17, 15) is 22.4 Å². The van der Waals surface area contributed by atoms with Crippen LogP contribution in [0.25, 0.3) is 0 Å². The number of rotatable bonds is 6. The molecule has 0 unspecified atom stereocenters. The van der Waals surface area contributed by atoms with E-state index in [4.69, 9.17) is 0 Å². The Balaban J connectivity index is 1.85. The smallest absolute Gasteiger partial charge is 0.274 e. The molecule has 2 amide bonds. The van der Waals surface area contributed by atoms with Crippen LogP contribution < -0.4 is 4.31 Å². The van der Waals surface area contributed by atoms with Crippen LogP contribution in [0.3, 0.4) is 0 Å². The molecular weight excluding hydrogens is 393 g/mol. The largest absolute Gasteiger partial charge is 0.342 e. The lowest BCUT2D eigenvalue weighted by molar-refractivity contribution is -0.133. The van der Waals surface area contributed by atoms with Crippen molar-refractivity contribution in [1.29, 1.82) is 0 Å².